The van der Waals surface area contributed by atoms with Gasteiger partial charge < -0.3 is 0 Å². The average molecular weight is 318 g/mol. The molecule has 4 heteroatoms. The molecule has 1 aliphatic heterocycles. The van der Waals surface area contributed by atoms with Crippen molar-refractivity contribution in [3.05, 3.63) is 88.6 Å². The van der Waals surface area contributed by atoms with E-state index in [1.165, 1.54) is 5.01 Å². The van der Waals surface area contributed by atoms with Gasteiger partial charge in [-0.25, -0.2) is 0 Å². The van der Waals surface area contributed by atoms with Gasteiger partial charge in [-0.05, 0) is 29.1 Å². The van der Waals surface area contributed by atoms with Crippen LogP contribution in [0, 0.1) is 0 Å². The van der Waals surface area contributed by atoms with Crippen molar-refractivity contribution in [2.75, 3.05) is 5.01 Å². The molecule has 0 fully saturated rings. The second kappa shape index (κ2) is 5.82. The fraction of sp³-hybridized carbons (Fsp3) is 0.0526. The third kappa shape index (κ3) is 2.47. The highest BCUT2D eigenvalue weighted by Crippen LogP contribution is 2.34. The standard InChI is InChI=1S/C19H14N2OS/c22-19-17(16-12-7-13-23-16)18(14-8-3-1-4-9-14)20-21(19)15-10-5-2-6-11-15/h1-13,17H. The monoisotopic (exact) mass is 318 g/mol. The van der Waals surface area contributed by atoms with Gasteiger partial charge in [-0.2, -0.15) is 10.1 Å². The lowest BCUT2D eigenvalue weighted by molar-refractivity contribution is -0.118. The molecule has 0 radical (unpaired) electrons. The summed E-state index contributed by atoms with van der Waals surface area (Å²) in [6, 6.07) is 23.5. The molecule has 112 valence electrons. The fourth-order valence-corrected chi connectivity index (χ4v) is 3.57. The molecule has 0 saturated heterocycles. The minimum absolute atomic E-state index is 0.00231. The van der Waals surface area contributed by atoms with Crippen molar-refractivity contribution in [2.24, 2.45) is 5.10 Å². The molecule has 0 aliphatic carbocycles. The first kappa shape index (κ1) is 13.9. The molecule has 2 aromatic carbocycles. The topological polar surface area (TPSA) is 32.7 Å². The first-order chi connectivity index (χ1) is 11.3. The van der Waals surface area contributed by atoms with Crippen molar-refractivity contribution in [1.82, 2.24) is 0 Å². The molecule has 1 atom stereocenters. The third-order valence-electron chi connectivity index (χ3n) is 3.83. The van der Waals surface area contributed by atoms with Crippen LogP contribution in [0.15, 0.2) is 83.3 Å². The van der Waals surface area contributed by atoms with Crippen molar-refractivity contribution in [1.29, 1.82) is 0 Å². The zero-order valence-corrected chi connectivity index (χ0v) is 13.1. The van der Waals surface area contributed by atoms with E-state index in [4.69, 9.17) is 0 Å². The van der Waals surface area contributed by atoms with E-state index in [1.54, 1.807) is 11.3 Å². The van der Waals surface area contributed by atoms with Gasteiger partial charge in [-0.1, -0.05) is 54.6 Å². The van der Waals surface area contributed by atoms with E-state index in [1.807, 2.05) is 78.2 Å². The molecule has 3 aromatic rings. The van der Waals surface area contributed by atoms with E-state index in [9.17, 15) is 4.79 Å². The Labute approximate surface area is 138 Å². The van der Waals surface area contributed by atoms with Crippen molar-refractivity contribution in [2.45, 2.75) is 5.92 Å². The molecule has 2 heterocycles. The van der Waals surface area contributed by atoms with Crippen LogP contribution < -0.4 is 5.01 Å². The minimum Gasteiger partial charge on any atom is -0.271 e. The molecular formula is C19H14N2OS. The molecule has 0 saturated carbocycles. The summed E-state index contributed by atoms with van der Waals surface area (Å²) in [5.41, 5.74) is 2.59. The summed E-state index contributed by atoms with van der Waals surface area (Å²) < 4.78 is 0. The van der Waals surface area contributed by atoms with E-state index in [2.05, 4.69) is 5.10 Å². The van der Waals surface area contributed by atoms with Crippen LogP contribution in [0.1, 0.15) is 16.4 Å². The van der Waals surface area contributed by atoms with Crippen LogP contribution in [0.3, 0.4) is 0 Å². The molecule has 0 N–H and O–H groups in total. The van der Waals surface area contributed by atoms with Crippen LogP contribution in [0.25, 0.3) is 0 Å². The maximum absolute atomic E-state index is 13.0. The lowest BCUT2D eigenvalue weighted by Crippen LogP contribution is -2.25. The zero-order chi connectivity index (χ0) is 15.6. The predicted molar refractivity (Wildman–Crippen MR) is 94.0 cm³/mol. The van der Waals surface area contributed by atoms with Crippen LogP contribution in [0.4, 0.5) is 5.69 Å². The average Bonchev–Trinajstić information content (AvgIpc) is 3.24. The number of carbonyl (C=O) groups excluding carboxylic acids is 1. The van der Waals surface area contributed by atoms with E-state index in [0.717, 1.165) is 21.8 Å². The maximum atomic E-state index is 13.0. The number of thiophene rings is 1. The van der Waals surface area contributed by atoms with Gasteiger partial charge in [-0.3, -0.25) is 4.79 Å². The van der Waals surface area contributed by atoms with Crippen LogP contribution >= 0.6 is 11.3 Å². The van der Waals surface area contributed by atoms with Crippen molar-refractivity contribution < 1.29 is 4.79 Å². The summed E-state index contributed by atoms with van der Waals surface area (Å²) in [6.07, 6.45) is 0. The Morgan fingerprint density at radius 1 is 0.870 bits per heavy atom. The van der Waals surface area contributed by atoms with Crippen LogP contribution in [-0.2, 0) is 4.79 Å². The van der Waals surface area contributed by atoms with Crippen molar-refractivity contribution >= 4 is 28.6 Å². The molecule has 1 aliphatic rings. The van der Waals surface area contributed by atoms with Gasteiger partial charge in [0.25, 0.3) is 5.91 Å². The number of amides is 1. The second-order valence-electron chi connectivity index (χ2n) is 5.29. The Morgan fingerprint density at radius 3 is 2.22 bits per heavy atom. The highest BCUT2D eigenvalue weighted by molar-refractivity contribution is 7.10. The van der Waals surface area contributed by atoms with Gasteiger partial charge in [0.15, 0.2) is 0 Å². The number of hydrogen-bond donors (Lipinski definition) is 0. The number of rotatable bonds is 3. The second-order valence-corrected chi connectivity index (χ2v) is 6.26. The minimum atomic E-state index is -0.336. The first-order valence-corrected chi connectivity index (χ1v) is 8.29. The van der Waals surface area contributed by atoms with E-state index >= 15 is 0 Å². The lowest BCUT2D eigenvalue weighted by atomic mass is 9.95. The summed E-state index contributed by atoms with van der Waals surface area (Å²) in [7, 11) is 0. The van der Waals surface area contributed by atoms with E-state index in [0.29, 0.717) is 0 Å². The largest absolute Gasteiger partial charge is 0.271 e. The Hall–Kier alpha value is -2.72. The molecular weight excluding hydrogens is 304 g/mol. The normalized spacial score (nSPS) is 17.4. The molecule has 0 spiro atoms. The van der Waals surface area contributed by atoms with E-state index < -0.39 is 0 Å². The summed E-state index contributed by atoms with van der Waals surface area (Å²) in [5, 5.41) is 8.17. The molecule has 3 nitrogen and oxygen atoms in total. The van der Waals surface area contributed by atoms with Crippen LogP contribution in [-0.4, -0.2) is 11.6 Å². The Bertz CT molecular complexity index is 842. The van der Waals surface area contributed by atoms with Gasteiger partial charge in [0, 0.05) is 4.88 Å². The summed E-state index contributed by atoms with van der Waals surface area (Å²) in [6.45, 7) is 0. The lowest BCUT2D eigenvalue weighted by Gasteiger charge is -2.13. The summed E-state index contributed by atoms with van der Waals surface area (Å²) in [5.74, 6) is -0.338. The number of para-hydroxylation sites is 1. The van der Waals surface area contributed by atoms with Gasteiger partial charge >= 0.3 is 0 Å². The Morgan fingerprint density at radius 2 is 1.57 bits per heavy atom. The number of nitrogens with zero attached hydrogens (tertiary/aromatic N) is 2. The number of anilines is 1. The molecule has 1 amide bonds. The van der Waals surface area contributed by atoms with Gasteiger partial charge in [0.2, 0.25) is 0 Å². The zero-order valence-electron chi connectivity index (χ0n) is 12.3. The van der Waals surface area contributed by atoms with E-state index in [-0.39, 0.29) is 11.8 Å². The first-order valence-electron chi connectivity index (χ1n) is 7.41. The third-order valence-corrected chi connectivity index (χ3v) is 4.77. The van der Waals surface area contributed by atoms with Crippen molar-refractivity contribution in [3.8, 4) is 0 Å². The highest BCUT2D eigenvalue weighted by atomic mass is 32.1. The predicted octanol–water partition coefficient (Wildman–Crippen LogP) is 4.28. The molecule has 0 bridgehead atoms. The smallest absolute Gasteiger partial charge is 0.261 e. The number of benzene rings is 2. The van der Waals surface area contributed by atoms with Gasteiger partial charge in [0.05, 0.1) is 11.4 Å². The molecule has 1 unspecified atom stereocenters. The van der Waals surface area contributed by atoms with Crippen LogP contribution in [0.2, 0.25) is 0 Å². The van der Waals surface area contributed by atoms with Gasteiger partial charge in [0.1, 0.15) is 5.92 Å². The highest BCUT2D eigenvalue weighted by Gasteiger charge is 2.38. The number of carbonyl (C=O) groups is 1. The van der Waals surface area contributed by atoms with Crippen molar-refractivity contribution in [3.63, 3.8) is 0 Å². The summed E-state index contributed by atoms with van der Waals surface area (Å²) in [4.78, 5) is 14.0. The van der Waals surface area contributed by atoms with Gasteiger partial charge in [-0.15, -0.1) is 11.3 Å². The quantitative estimate of drug-likeness (QED) is 0.709. The molecule has 4 rings (SSSR count). The molecule has 23 heavy (non-hydrogen) atoms. The number of hydrazone groups is 1. The summed E-state index contributed by atoms with van der Waals surface area (Å²) >= 11 is 1.59. The Balaban J connectivity index is 1.83. The Kier molecular flexibility index (Phi) is 3.52. The van der Waals surface area contributed by atoms with Crippen LogP contribution in [0.5, 0.6) is 0 Å². The SMILES string of the molecule is O=C1C(c2cccs2)C(c2ccccc2)=NN1c1ccccc1. The number of hydrogen-bond acceptors (Lipinski definition) is 3. The molecule has 1 aromatic heterocycles. The maximum Gasteiger partial charge on any atom is 0.261 e. The fourth-order valence-electron chi connectivity index (χ4n) is 2.75.